The molecule has 8 heteroatoms. The predicted molar refractivity (Wildman–Crippen MR) is 112 cm³/mol. The van der Waals surface area contributed by atoms with E-state index in [1.165, 1.54) is 15.6 Å². The van der Waals surface area contributed by atoms with Crippen molar-refractivity contribution in [3.8, 4) is 0 Å². The van der Waals surface area contributed by atoms with Crippen molar-refractivity contribution in [3.63, 3.8) is 0 Å². The van der Waals surface area contributed by atoms with Gasteiger partial charge in [-0.05, 0) is 43.5 Å². The molecule has 0 aliphatic heterocycles. The van der Waals surface area contributed by atoms with Crippen LogP contribution in [0.25, 0.3) is 0 Å². The van der Waals surface area contributed by atoms with Crippen molar-refractivity contribution in [1.29, 1.82) is 0 Å². The molecular weight excluding hydrogens is 382 g/mol. The van der Waals surface area contributed by atoms with Gasteiger partial charge in [-0.15, -0.1) is 11.3 Å². The molecular formula is C19H27N3O3S2. The highest BCUT2D eigenvalue weighted by Gasteiger charge is 2.24. The van der Waals surface area contributed by atoms with E-state index < -0.39 is 10.0 Å². The Morgan fingerprint density at radius 3 is 2.22 bits per heavy atom. The zero-order chi connectivity index (χ0) is 20.0. The van der Waals surface area contributed by atoms with Crippen molar-refractivity contribution in [2.24, 2.45) is 0 Å². The molecule has 1 heterocycles. The van der Waals surface area contributed by atoms with E-state index >= 15 is 0 Å². The quantitative estimate of drug-likeness (QED) is 0.682. The minimum atomic E-state index is -3.60. The number of thiophene rings is 1. The van der Waals surface area contributed by atoms with Gasteiger partial charge in [-0.2, -0.15) is 4.31 Å². The summed E-state index contributed by atoms with van der Waals surface area (Å²) in [5, 5.41) is 4.73. The average molecular weight is 410 g/mol. The molecule has 0 atom stereocenters. The molecule has 6 nitrogen and oxygen atoms in total. The normalized spacial score (nSPS) is 11.6. The van der Waals surface area contributed by atoms with Gasteiger partial charge in [-0.25, -0.2) is 8.42 Å². The molecule has 2 rings (SSSR count). The van der Waals surface area contributed by atoms with Crippen LogP contribution in [0.4, 0.5) is 11.4 Å². The summed E-state index contributed by atoms with van der Waals surface area (Å²) in [6.45, 7) is 9.96. The molecule has 0 bridgehead atoms. The molecule has 27 heavy (non-hydrogen) atoms. The molecule has 1 amide bonds. The number of hydrogen-bond acceptors (Lipinski definition) is 5. The number of carbonyl (C=O) groups excluding carboxylic acids is 1. The van der Waals surface area contributed by atoms with Crippen molar-refractivity contribution < 1.29 is 13.2 Å². The number of rotatable bonds is 9. The van der Waals surface area contributed by atoms with Crippen LogP contribution in [0.1, 0.15) is 37.4 Å². The molecule has 0 radical (unpaired) electrons. The van der Waals surface area contributed by atoms with E-state index in [4.69, 9.17) is 0 Å². The Bertz CT molecular complexity index is 856. The number of carbonyl (C=O) groups is 1. The van der Waals surface area contributed by atoms with Gasteiger partial charge in [0.25, 0.3) is 5.91 Å². The Balaban J connectivity index is 2.50. The lowest BCUT2D eigenvalue weighted by Crippen LogP contribution is -2.31. The summed E-state index contributed by atoms with van der Waals surface area (Å²) in [5.74, 6) is -0.240. The fraction of sp³-hybridized carbons (Fsp3) is 0.421. The number of amides is 1. The first kappa shape index (κ1) is 21.4. The fourth-order valence-electron chi connectivity index (χ4n) is 2.92. The summed E-state index contributed by atoms with van der Waals surface area (Å²) < 4.78 is 27.2. The van der Waals surface area contributed by atoms with Gasteiger partial charge < -0.3 is 10.2 Å². The van der Waals surface area contributed by atoms with E-state index in [-0.39, 0.29) is 10.8 Å². The van der Waals surface area contributed by atoms with Crippen LogP contribution in [0, 0.1) is 0 Å². The highest BCUT2D eigenvalue weighted by Crippen LogP contribution is 2.31. The number of nitrogens with one attached hydrogen (secondary N) is 1. The number of hydrogen-bond donors (Lipinski definition) is 1. The van der Waals surface area contributed by atoms with Gasteiger partial charge in [0.05, 0.1) is 21.1 Å². The number of benzene rings is 1. The molecule has 0 saturated heterocycles. The first-order chi connectivity index (χ1) is 12.9. The number of nitrogens with zero attached hydrogens (tertiary/aromatic N) is 2. The van der Waals surface area contributed by atoms with E-state index in [2.05, 4.69) is 10.2 Å². The Kier molecular flexibility index (Phi) is 7.41. The summed E-state index contributed by atoms with van der Waals surface area (Å²) in [6.07, 6.45) is 0. The minimum Gasteiger partial charge on any atom is -0.370 e. The van der Waals surface area contributed by atoms with Gasteiger partial charge >= 0.3 is 0 Å². The molecule has 2 aromatic rings. The van der Waals surface area contributed by atoms with Crippen LogP contribution in [0.2, 0.25) is 0 Å². The Hall–Kier alpha value is -1.90. The maximum Gasteiger partial charge on any atom is 0.265 e. The van der Waals surface area contributed by atoms with Crippen LogP contribution in [0.5, 0.6) is 0 Å². The van der Waals surface area contributed by atoms with Gasteiger partial charge in [0.15, 0.2) is 0 Å². The van der Waals surface area contributed by atoms with Crippen LogP contribution in [-0.2, 0) is 10.0 Å². The SMILES string of the molecule is CCN(CC)c1ccc(S(=O)(=O)N(CC)CC)cc1NC(=O)c1cccs1. The van der Waals surface area contributed by atoms with E-state index in [1.807, 2.05) is 39.1 Å². The molecule has 1 N–H and O–H groups in total. The van der Waals surface area contributed by atoms with Gasteiger partial charge in [-0.3, -0.25) is 4.79 Å². The second-order valence-corrected chi connectivity index (χ2v) is 8.76. The van der Waals surface area contributed by atoms with Crippen molar-refractivity contribution >= 4 is 38.6 Å². The second-order valence-electron chi connectivity index (χ2n) is 5.87. The van der Waals surface area contributed by atoms with E-state index in [9.17, 15) is 13.2 Å². The summed E-state index contributed by atoms with van der Waals surface area (Å²) in [4.78, 5) is 15.4. The molecule has 148 valence electrons. The van der Waals surface area contributed by atoms with Crippen LogP contribution in [-0.4, -0.2) is 44.8 Å². The summed E-state index contributed by atoms with van der Waals surface area (Å²) >= 11 is 1.35. The maximum absolute atomic E-state index is 12.9. The van der Waals surface area contributed by atoms with Crippen molar-refractivity contribution in [2.45, 2.75) is 32.6 Å². The van der Waals surface area contributed by atoms with E-state index in [0.29, 0.717) is 23.7 Å². The molecule has 0 aliphatic carbocycles. The Labute approximate surface area is 165 Å². The van der Waals surface area contributed by atoms with Crippen molar-refractivity contribution in [3.05, 3.63) is 40.6 Å². The lowest BCUT2D eigenvalue weighted by Gasteiger charge is -2.25. The largest absolute Gasteiger partial charge is 0.370 e. The van der Waals surface area contributed by atoms with Crippen molar-refractivity contribution in [1.82, 2.24) is 4.31 Å². The molecule has 0 aliphatic rings. The van der Waals surface area contributed by atoms with Crippen molar-refractivity contribution in [2.75, 3.05) is 36.4 Å². The molecule has 1 aromatic heterocycles. The van der Waals surface area contributed by atoms with Gasteiger partial charge in [-0.1, -0.05) is 19.9 Å². The zero-order valence-corrected chi connectivity index (χ0v) is 17.9. The lowest BCUT2D eigenvalue weighted by molar-refractivity contribution is 0.103. The van der Waals surface area contributed by atoms with E-state index in [1.54, 1.807) is 24.3 Å². The number of anilines is 2. The van der Waals surface area contributed by atoms with Gasteiger partial charge in [0.1, 0.15) is 0 Å². The van der Waals surface area contributed by atoms with E-state index in [0.717, 1.165) is 18.8 Å². The highest BCUT2D eigenvalue weighted by atomic mass is 32.2. The Morgan fingerprint density at radius 2 is 1.70 bits per heavy atom. The number of sulfonamides is 1. The monoisotopic (exact) mass is 409 g/mol. The second kappa shape index (κ2) is 9.34. The Morgan fingerprint density at radius 1 is 1.04 bits per heavy atom. The van der Waals surface area contributed by atoms with Crippen LogP contribution < -0.4 is 10.2 Å². The predicted octanol–water partition coefficient (Wildman–Crippen LogP) is 3.88. The summed E-state index contributed by atoms with van der Waals surface area (Å²) in [6, 6.07) is 8.50. The van der Waals surface area contributed by atoms with Gasteiger partial charge in [0, 0.05) is 26.2 Å². The first-order valence-corrected chi connectivity index (χ1v) is 11.4. The standard InChI is InChI=1S/C19H27N3O3S2/c1-5-21(6-2)17-12-11-15(27(24,25)22(7-3)8-4)14-16(17)20-19(23)18-10-9-13-26-18/h9-14H,5-8H2,1-4H3,(H,20,23). The third kappa shape index (κ3) is 4.69. The molecule has 0 fully saturated rings. The maximum atomic E-state index is 12.9. The van der Waals surface area contributed by atoms with Gasteiger partial charge in [0.2, 0.25) is 10.0 Å². The summed E-state index contributed by atoms with van der Waals surface area (Å²) in [7, 11) is -3.60. The van der Waals surface area contributed by atoms with Crippen LogP contribution >= 0.6 is 11.3 Å². The molecule has 0 saturated carbocycles. The van der Waals surface area contributed by atoms with Crippen LogP contribution in [0.3, 0.4) is 0 Å². The molecule has 1 aromatic carbocycles. The third-order valence-electron chi connectivity index (χ3n) is 4.41. The molecule has 0 unspecified atom stereocenters. The topological polar surface area (TPSA) is 69.7 Å². The third-order valence-corrected chi connectivity index (χ3v) is 7.32. The average Bonchev–Trinajstić information content (AvgIpc) is 3.19. The first-order valence-electron chi connectivity index (χ1n) is 9.12. The molecule has 0 spiro atoms. The highest BCUT2D eigenvalue weighted by molar-refractivity contribution is 7.89. The lowest BCUT2D eigenvalue weighted by atomic mass is 10.2. The fourth-order valence-corrected chi connectivity index (χ4v) is 5.02. The summed E-state index contributed by atoms with van der Waals surface area (Å²) in [5.41, 5.74) is 1.31. The zero-order valence-electron chi connectivity index (χ0n) is 16.2. The smallest absolute Gasteiger partial charge is 0.265 e. The van der Waals surface area contributed by atoms with Crippen LogP contribution in [0.15, 0.2) is 40.6 Å². The minimum absolute atomic E-state index is 0.184.